The lowest BCUT2D eigenvalue weighted by atomic mass is 10.1. The van der Waals surface area contributed by atoms with Gasteiger partial charge in [-0.15, -0.1) is 0 Å². The second kappa shape index (κ2) is 11.0. The van der Waals surface area contributed by atoms with E-state index >= 15 is 0 Å². The predicted octanol–water partition coefficient (Wildman–Crippen LogP) is 1.55. The van der Waals surface area contributed by atoms with Gasteiger partial charge < -0.3 is 19.1 Å². The lowest BCUT2D eigenvalue weighted by molar-refractivity contribution is -0.152. The predicted molar refractivity (Wildman–Crippen MR) is 86.4 cm³/mol. The van der Waals surface area contributed by atoms with Crippen molar-refractivity contribution in [1.82, 2.24) is 4.90 Å². The van der Waals surface area contributed by atoms with Crippen LogP contribution in [-0.2, 0) is 30.2 Å². The number of benzene rings is 1. The van der Waals surface area contributed by atoms with Crippen molar-refractivity contribution in [3.8, 4) is 0 Å². The van der Waals surface area contributed by atoms with Crippen LogP contribution in [-0.4, -0.2) is 63.9 Å². The van der Waals surface area contributed by atoms with E-state index in [1.165, 1.54) is 0 Å². The number of nitrogens with zero attached hydrogens (tertiary/aromatic N) is 1. The highest BCUT2D eigenvalue weighted by molar-refractivity contribution is 6.30. The van der Waals surface area contributed by atoms with E-state index in [1.807, 2.05) is 0 Å². The number of amides is 1. The summed E-state index contributed by atoms with van der Waals surface area (Å²) in [4.78, 5) is 25.4. The van der Waals surface area contributed by atoms with Gasteiger partial charge in [0, 0.05) is 32.3 Å². The van der Waals surface area contributed by atoms with Crippen molar-refractivity contribution in [2.75, 3.05) is 47.1 Å². The van der Waals surface area contributed by atoms with Gasteiger partial charge in [0.05, 0.1) is 19.6 Å². The molecule has 1 rings (SSSR count). The zero-order valence-corrected chi connectivity index (χ0v) is 14.2. The van der Waals surface area contributed by atoms with E-state index < -0.39 is 5.97 Å². The van der Waals surface area contributed by atoms with Gasteiger partial charge in [-0.1, -0.05) is 23.7 Å². The Bertz CT molecular complexity index is 484. The Morgan fingerprint density at radius 1 is 1.04 bits per heavy atom. The van der Waals surface area contributed by atoms with Crippen LogP contribution >= 0.6 is 11.6 Å². The molecule has 0 N–H and O–H groups in total. The summed E-state index contributed by atoms with van der Waals surface area (Å²) in [6, 6.07) is 6.89. The first-order valence-electron chi connectivity index (χ1n) is 7.22. The number of esters is 1. The molecule has 1 aromatic rings. The number of hydrogen-bond donors (Lipinski definition) is 0. The third-order valence-electron chi connectivity index (χ3n) is 3.10. The van der Waals surface area contributed by atoms with Gasteiger partial charge in [-0.3, -0.25) is 9.59 Å². The molecule has 0 spiro atoms. The number of hydrogen-bond acceptors (Lipinski definition) is 5. The highest BCUT2D eigenvalue weighted by Crippen LogP contribution is 2.10. The van der Waals surface area contributed by atoms with Gasteiger partial charge in [0.1, 0.15) is 0 Å². The molecule has 0 unspecified atom stereocenters. The summed E-state index contributed by atoms with van der Waals surface area (Å²) >= 11 is 5.78. The number of ether oxygens (including phenoxy) is 3. The van der Waals surface area contributed by atoms with Crippen LogP contribution < -0.4 is 0 Å². The first kappa shape index (κ1) is 19.4. The minimum Gasteiger partial charge on any atom is -0.455 e. The van der Waals surface area contributed by atoms with Crippen LogP contribution in [0.3, 0.4) is 0 Å². The average molecular weight is 344 g/mol. The maximum atomic E-state index is 12.1. The fraction of sp³-hybridized carbons (Fsp3) is 0.500. The topological polar surface area (TPSA) is 65.1 Å². The third kappa shape index (κ3) is 7.97. The largest absolute Gasteiger partial charge is 0.455 e. The molecule has 1 amide bonds. The standard InChI is InChI=1S/C16H22ClNO5/c1-21-9-7-18(8-10-22-2)15(19)12-23-16(20)11-13-3-5-14(17)6-4-13/h3-6H,7-12H2,1-2H3. The zero-order chi connectivity index (χ0) is 17.1. The van der Waals surface area contributed by atoms with Crippen LogP contribution in [0.15, 0.2) is 24.3 Å². The molecule has 0 atom stereocenters. The van der Waals surface area contributed by atoms with Crippen molar-refractivity contribution in [3.05, 3.63) is 34.9 Å². The number of rotatable bonds is 10. The fourth-order valence-electron chi connectivity index (χ4n) is 1.82. The van der Waals surface area contributed by atoms with E-state index in [-0.39, 0.29) is 18.9 Å². The second-order valence-corrected chi connectivity index (χ2v) is 5.27. The smallest absolute Gasteiger partial charge is 0.310 e. The monoisotopic (exact) mass is 343 g/mol. The van der Waals surface area contributed by atoms with E-state index in [0.29, 0.717) is 31.3 Å². The van der Waals surface area contributed by atoms with Gasteiger partial charge >= 0.3 is 5.97 Å². The average Bonchev–Trinajstić information content (AvgIpc) is 2.55. The molecular formula is C16H22ClNO5. The summed E-state index contributed by atoms with van der Waals surface area (Å²) in [6.07, 6.45) is 0.0978. The molecule has 0 saturated carbocycles. The van der Waals surface area contributed by atoms with E-state index in [2.05, 4.69) is 0 Å². The molecule has 0 fully saturated rings. The Morgan fingerprint density at radius 3 is 2.13 bits per heavy atom. The van der Waals surface area contributed by atoms with Gasteiger partial charge in [0.25, 0.3) is 5.91 Å². The molecule has 1 aromatic carbocycles. The summed E-state index contributed by atoms with van der Waals surface area (Å²) < 4.78 is 15.0. The molecular weight excluding hydrogens is 322 g/mol. The molecule has 6 nitrogen and oxygen atoms in total. The first-order valence-corrected chi connectivity index (χ1v) is 7.60. The number of halogens is 1. The van der Waals surface area contributed by atoms with Crippen LogP contribution in [0.5, 0.6) is 0 Å². The molecule has 0 saturated heterocycles. The Morgan fingerprint density at radius 2 is 1.61 bits per heavy atom. The Hall–Kier alpha value is -1.63. The Kier molecular flexibility index (Phi) is 9.28. The van der Waals surface area contributed by atoms with Crippen molar-refractivity contribution in [2.24, 2.45) is 0 Å². The van der Waals surface area contributed by atoms with Gasteiger partial charge in [-0.2, -0.15) is 0 Å². The van der Waals surface area contributed by atoms with Crippen LogP contribution in [0.2, 0.25) is 5.02 Å². The summed E-state index contributed by atoms with van der Waals surface area (Å²) in [5, 5.41) is 0.601. The van der Waals surface area contributed by atoms with Crippen LogP contribution in [0.4, 0.5) is 0 Å². The highest BCUT2D eigenvalue weighted by Gasteiger charge is 2.15. The van der Waals surface area contributed by atoms with E-state index in [0.717, 1.165) is 5.56 Å². The van der Waals surface area contributed by atoms with E-state index in [1.54, 1.807) is 43.4 Å². The maximum Gasteiger partial charge on any atom is 0.310 e. The molecule has 7 heteroatoms. The van der Waals surface area contributed by atoms with Crippen molar-refractivity contribution in [2.45, 2.75) is 6.42 Å². The van der Waals surface area contributed by atoms with Gasteiger partial charge in [0.15, 0.2) is 6.61 Å². The highest BCUT2D eigenvalue weighted by atomic mass is 35.5. The molecule has 0 aliphatic rings. The maximum absolute atomic E-state index is 12.1. The number of methoxy groups -OCH3 is 2. The third-order valence-corrected chi connectivity index (χ3v) is 3.35. The lowest BCUT2D eigenvalue weighted by Gasteiger charge is -2.21. The summed E-state index contributed by atoms with van der Waals surface area (Å²) in [5.41, 5.74) is 0.780. The summed E-state index contributed by atoms with van der Waals surface area (Å²) in [5.74, 6) is -0.734. The SMILES string of the molecule is COCCN(CCOC)C(=O)COC(=O)Cc1ccc(Cl)cc1. The molecule has 0 aliphatic heterocycles. The lowest BCUT2D eigenvalue weighted by Crippen LogP contribution is -2.39. The number of carbonyl (C=O) groups is 2. The van der Waals surface area contributed by atoms with Crippen molar-refractivity contribution in [3.63, 3.8) is 0 Å². The fourth-order valence-corrected chi connectivity index (χ4v) is 1.94. The van der Waals surface area contributed by atoms with Gasteiger partial charge in [0.2, 0.25) is 0 Å². The Balaban J connectivity index is 2.41. The minimum absolute atomic E-state index is 0.0978. The Labute approximate surface area is 141 Å². The van der Waals surface area contributed by atoms with Crippen LogP contribution in [0, 0.1) is 0 Å². The minimum atomic E-state index is -0.459. The molecule has 23 heavy (non-hydrogen) atoms. The quantitative estimate of drug-likeness (QED) is 0.603. The normalized spacial score (nSPS) is 10.4. The molecule has 0 radical (unpaired) electrons. The molecule has 0 aromatic heterocycles. The van der Waals surface area contributed by atoms with Crippen LogP contribution in [0.25, 0.3) is 0 Å². The van der Waals surface area contributed by atoms with E-state index in [9.17, 15) is 9.59 Å². The summed E-state index contributed by atoms with van der Waals surface area (Å²) in [6.45, 7) is 1.38. The molecule has 0 aliphatic carbocycles. The van der Waals surface area contributed by atoms with E-state index in [4.69, 9.17) is 25.8 Å². The van der Waals surface area contributed by atoms with Crippen LogP contribution in [0.1, 0.15) is 5.56 Å². The molecule has 128 valence electrons. The van der Waals surface area contributed by atoms with Crippen molar-refractivity contribution < 1.29 is 23.8 Å². The second-order valence-electron chi connectivity index (χ2n) is 4.83. The molecule has 0 heterocycles. The van der Waals surface area contributed by atoms with Gasteiger partial charge in [-0.25, -0.2) is 0 Å². The first-order chi connectivity index (χ1) is 11.1. The molecule has 0 bridgehead atoms. The van der Waals surface area contributed by atoms with Crippen molar-refractivity contribution >= 4 is 23.5 Å². The van der Waals surface area contributed by atoms with Crippen molar-refractivity contribution in [1.29, 1.82) is 0 Å². The number of carbonyl (C=O) groups excluding carboxylic acids is 2. The van der Waals surface area contributed by atoms with Gasteiger partial charge in [-0.05, 0) is 17.7 Å². The summed E-state index contributed by atoms with van der Waals surface area (Å²) in [7, 11) is 3.12. The zero-order valence-electron chi connectivity index (χ0n) is 13.4.